The van der Waals surface area contributed by atoms with Crippen LogP contribution in [0.25, 0.3) is 0 Å². The van der Waals surface area contributed by atoms with Crippen molar-refractivity contribution in [2.45, 2.75) is 12.8 Å². The molecule has 2 N–H and O–H groups in total. The number of thiocarbonyl (C=S) groups is 1. The number of rotatable bonds is 4. The van der Waals surface area contributed by atoms with E-state index in [1.54, 1.807) is 12.1 Å². The van der Waals surface area contributed by atoms with Crippen LogP contribution in [0.4, 0.5) is 4.39 Å². The fraction of sp³-hybridized carbons (Fsp3) is 0.364. The highest BCUT2D eigenvalue weighted by Crippen LogP contribution is 2.30. The first kappa shape index (κ1) is 10.4. The van der Waals surface area contributed by atoms with Gasteiger partial charge in [-0.2, -0.15) is 0 Å². The van der Waals surface area contributed by atoms with Crippen LogP contribution in [0.5, 0.6) is 5.75 Å². The van der Waals surface area contributed by atoms with Crippen LogP contribution in [-0.2, 0) is 0 Å². The molecule has 0 unspecified atom stereocenters. The second-order valence-corrected chi connectivity index (χ2v) is 4.17. The molecule has 2 rings (SSSR count). The Kier molecular flexibility index (Phi) is 2.86. The number of benzene rings is 1. The number of ether oxygens (including phenoxy) is 1. The molecule has 0 radical (unpaired) electrons. The van der Waals surface area contributed by atoms with Gasteiger partial charge in [0.2, 0.25) is 0 Å². The van der Waals surface area contributed by atoms with E-state index in [2.05, 4.69) is 0 Å². The Balaban J connectivity index is 2.19. The van der Waals surface area contributed by atoms with Gasteiger partial charge in [-0.05, 0) is 30.9 Å². The lowest BCUT2D eigenvalue weighted by Gasteiger charge is -2.10. The first-order valence-corrected chi connectivity index (χ1v) is 5.30. The van der Waals surface area contributed by atoms with Crippen LogP contribution in [0.1, 0.15) is 18.4 Å². The molecule has 0 aromatic heterocycles. The van der Waals surface area contributed by atoms with Gasteiger partial charge in [0.15, 0.2) is 0 Å². The molecule has 1 aromatic carbocycles. The highest BCUT2D eigenvalue weighted by atomic mass is 32.1. The Morgan fingerprint density at radius 3 is 2.87 bits per heavy atom. The van der Waals surface area contributed by atoms with Gasteiger partial charge in [-0.3, -0.25) is 0 Å². The highest BCUT2D eigenvalue weighted by Gasteiger charge is 2.23. The molecule has 2 nitrogen and oxygen atoms in total. The fourth-order valence-corrected chi connectivity index (χ4v) is 1.55. The maximum Gasteiger partial charge on any atom is 0.137 e. The third-order valence-electron chi connectivity index (χ3n) is 2.39. The molecule has 15 heavy (non-hydrogen) atoms. The first-order chi connectivity index (χ1) is 7.18. The van der Waals surface area contributed by atoms with E-state index in [-0.39, 0.29) is 10.6 Å². The average Bonchev–Trinajstić information content (AvgIpc) is 2.97. The molecule has 1 aliphatic rings. The van der Waals surface area contributed by atoms with Crippen molar-refractivity contribution >= 4 is 17.2 Å². The molecule has 0 spiro atoms. The zero-order chi connectivity index (χ0) is 10.8. The van der Waals surface area contributed by atoms with Crippen molar-refractivity contribution in [1.82, 2.24) is 0 Å². The summed E-state index contributed by atoms with van der Waals surface area (Å²) in [5.74, 6) is 0.651. The van der Waals surface area contributed by atoms with E-state index >= 15 is 0 Å². The molecule has 0 heterocycles. The lowest BCUT2D eigenvalue weighted by atomic mass is 10.2. The fourth-order valence-electron chi connectivity index (χ4n) is 1.36. The molecule has 0 atom stereocenters. The summed E-state index contributed by atoms with van der Waals surface area (Å²) in [6.45, 7) is 0.624. The van der Waals surface area contributed by atoms with Crippen molar-refractivity contribution in [3.63, 3.8) is 0 Å². The SMILES string of the molecule is NC(=S)c1c(F)cccc1OCC1CC1. The molecule has 4 heteroatoms. The van der Waals surface area contributed by atoms with Crippen molar-refractivity contribution < 1.29 is 9.13 Å². The monoisotopic (exact) mass is 225 g/mol. The van der Waals surface area contributed by atoms with E-state index in [0.717, 1.165) is 0 Å². The summed E-state index contributed by atoms with van der Waals surface area (Å²) in [5, 5.41) is 0. The van der Waals surface area contributed by atoms with Gasteiger partial charge in [0.25, 0.3) is 0 Å². The van der Waals surface area contributed by atoms with Crippen molar-refractivity contribution in [2.75, 3.05) is 6.61 Å². The summed E-state index contributed by atoms with van der Waals surface area (Å²) in [6.07, 6.45) is 2.38. The van der Waals surface area contributed by atoms with E-state index in [1.807, 2.05) is 0 Å². The third kappa shape index (κ3) is 2.45. The molecule has 0 aliphatic heterocycles. The Morgan fingerprint density at radius 1 is 1.53 bits per heavy atom. The van der Waals surface area contributed by atoms with Crippen LogP contribution in [-0.4, -0.2) is 11.6 Å². The minimum atomic E-state index is -0.421. The largest absolute Gasteiger partial charge is 0.492 e. The van der Waals surface area contributed by atoms with Crippen molar-refractivity contribution in [2.24, 2.45) is 11.7 Å². The summed E-state index contributed by atoms with van der Waals surface area (Å²) in [6, 6.07) is 4.62. The molecule has 1 aromatic rings. The van der Waals surface area contributed by atoms with Crippen LogP contribution >= 0.6 is 12.2 Å². The van der Waals surface area contributed by atoms with Gasteiger partial charge in [-0.25, -0.2) is 4.39 Å². The number of hydrogen-bond donors (Lipinski definition) is 1. The van der Waals surface area contributed by atoms with E-state index in [0.29, 0.717) is 18.3 Å². The topological polar surface area (TPSA) is 35.2 Å². The minimum Gasteiger partial charge on any atom is -0.492 e. The predicted molar refractivity (Wildman–Crippen MR) is 60.5 cm³/mol. The Hall–Kier alpha value is -1.16. The molecule has 80 valence electrons. The summed E-state index contributed by atoms with van der Waals surface area (Å²) in [7, 11) is 0. The highest BCUT2D eigenvalue weighted by molar-refractivity contribution is 7.80. The summed E-state index contributed by atoms with van der Waals surface area (Å²) in [4.78, 5) is 0.0406. The molecule has 0 amide bonds. The molecule has 0 saturated heterocycles. The molecular weight excluding hydrogens is 213 g/mol. The van der Waals surface area contributed by atoms with E-state index < -0.39 is 5.82 Å². The van der Waals surface area contributed by atoms with Gasteiger partial charge in [0.05, 0.1) is 12.2 Å². The van der Waals surface area contributed by atoms with Crippen molar-refractivity contribution in [1.29, 1.82) is 0 Å². The van der Waals surface area contributed by atoms with Gasteiger partial charge in [0.1, 0.15) is 16.6 Å². The Labute approximate surface area is 93.2 Å². The van der Waals surface area contributed by atoms with Gasteiger partial charge in [-0.15, -0.1) is 0 Å². The van der Waals surface area contributed by atoms with Crippen molar-refractivity contribution in [3.05, 3.63) is 29.6 Å². The minimum absolute atomic E-state index is 0.0406. The standard InChI is InChI=1S/C11H12FNOS/c12-8-2-1-3-9(10(8)11(13)15)14-6-7-4-5-7/h1-3,7H,4-6H2,(H2,13,15). The second-order valence-electron chi connectivity index (χ2n) is 3.73. The lowest BCUT2D eigenvalue weighted by molar-refractivity contribution is 0.298. The van der Waals surface area contributed by atoms with Crippen LogP contribution in [0.2, 0.25) is 0 Å². The summed E-state index contributed by atoms with van der Waals surface area (Å²) < 4.78 is 18.9. The maximum absolute atomic E-state index is 13.4. The second kappa shape index (κ2) is 4.14. The third-order valence-corrected chi connectivity index (χ3v) is 2.60. The zero-order valence-electron chi connectivity index (χ0n) is 8.20. The molecule has 1 fully saturated rings. The van der Waals surface area contributed by atoms with Crippen LogP contribution < -0.4 is 10.5 Å². The van der Waals surface area contributed by atoms with Crippen molar-refractivity contribution in [3.8, 4) is 5.75 Å². The van der Waals surface area contributed by atoms with E-state index in [1.165, 1.54) is 18.9 Å². The number of hydrogen-bond acceptors (Lipinski definition) is 2. The lowest BCUT2D eigenvalue weighted by Crippen LogP contribution is -2.14. The van der Waals surface area contributed by atoms with Gasteiger partial charge in [-0.1, -0.05) is 18.3 Å². The quantitative estimate of drug-likeness (QED) is 0.798. The smallest absolute Gasteiger partial charge is 0.137 e. The molecule has 1 saturated carbocycles. The summed E-state index contributed by atoms with van der Waals surface area (Å²) in [5.41, 5.74) is 5.66. The van der Waals surface area contributed by atoms with Crippen LogP contribution in [0.3, 0.4) is 0 Å². The number of nitrogens with two attached hydrogens (primary N) is 1. The Bertz CT molecular complexity index is 390. The summed E-state index contributed by atoms with van der Waals surface area (Å²) >= 11 is 4.79. The maximum atomic E-state index is 13.4. The first-order valence-electron chi connectivity index (χ1n) is 4.89. The van der Waals surface area contributed by atoms with Gasteiger partial charge in [0, 0.05) is 0 Å². The van der Waals surface area contributed by atoms with E-state index in [9.17, 15) is 4.39 Å². The number of halogens is 1. The van der Waals surface area contributed by atoms with Crippen LogP contribution in [0.15, 0.2) is 18.2 Å². The Morgan fingerprint density at radius 2 is 2.27 bits per heavy atom. The molecule has 0 bridgehead atoms. The predicted octanol–water partition coefficient (Wildman–Crippen LogP) is 2.25. The molecule has 1 aliphatic carbocycles. The van der Waals surface area contributed by atoms with Gasteiger partial charge < -0.3 is 10.5 Å². The molecular formula is C11H12FNOS. The average molecular weight is 225 g/mol. The van der Waals surface area contributed by atoms with Crippen LogP contribution in [0, 0.1) is 11.7 Å². The van der Waals surface area contributed by atoms with Gasteiger partial charge >= 0.3 is 0 Å². The zero-order valence-corrected chi connectivity index (χ0v) is 9.02. The normalized spacial score (nSPS) is 15.0. The van der Waals surface area contributed by atoms with E-state index in [4.69, 9.17) is 22.7 Å².